The zero-order valence-electron chi connectivity index (χ0n) is 15.3. The Balaban J connectivity index is 1.80. The number of ketones is 1. The number of benzene rings is 2. The average Bonchev–Trinajstić information content (AvgIpc) is 2.67. The van der Waals surface area contributed by atoms with Crippen molar-refractivity contribution in [3.8, 4) is 5.75 Å². The number of hydrogen-bond acceptors (Lipinski definition) is 3. The van der Waals surface area contributed by atoms with Gasteiger partial charge < -0.3 is 9.84 Å². The Morgan fingerprint density at radius 2 is 1.58 bits per heavy atom. The molecule has 26 heavy (non-hydrogen) atoms. The molecule has 0 amide bonds. The molecule has 4 heteroatoms. The normalized spacial score (nSPS) is 12.0. The summed E-state index contributed by atoms with van der Waals surface area (Å²) in [6, 6.07) is 13.6. The fraction of sp³-hybridized carbons (Fsp3) is 0.409. The van der Waals surface area contributed by atoms with Gasteiger partial charge in [-0.1, -0.05) is 62.8 Å². The third-order valence-corrected chi connectivity index (χ3v) is 4.59. The minimum Gasteiger partial charge on any atom is -0.494 e. The molecule has 1 atom stereocenters. The lowest BCUT2D eigenvalue weighted by molar-refractivity contribution is 0.0747. The van der Waals surface area contributed by atoms with Gasteiger partial charge in [0.15, 0.2) is 5.78 Å². The molecule has 1 unspecified atom stereocenters. The van der Waals surface area contributed by atoms with E-state index in [1.54, 1.807) is 48.5 Å². The van der Waals surface area contributed by atoms with Crippen molar-refractivity contribution in [2.45, 2.75) is 51.6 Å². The zero-order chi connectivity index (χ0) is 18.8. The van der Waals surface area contributed by atoms with Crippen LogP contribution in [0.15, 0.2) is 48.5 Å². The number of halogens is 1. The first-order valence-corrected chi connectivity index (χ1v) is 9.70. The van der Waals surface area contributed by atoms with Gasteiger partial charge in [-0.15, -0.1) is 0 Å². The molecule has 2 aromatic carbocycles. The number of carbonyl (C=O) groups is 1. The Bertz CT molecular complexity index is 665. The van der Waals surface area contributed by atoms with E-state index in [2.05, 4.69) is 6.92 Å². The number of unbranched alkanes of at least 4 members (excludes halogenated alkanes) is 5. The summed E-state index contributed by atoms with van der Waals surface area (Å²) in [6.07, 6.45) is 6.15. The van der Waals surface area contributed by atoms with Crippen LogP contribution >= 0.6 is 11.6 Å². The predicted molar refractivity (Wildman–Crippen MR) is 106 cm³/mol. The molecule has 0 radical (unpaired) electrons. The maximum atomic E-state index is 12.4. The first-order valence-electron chi connectivity index (χ1n) is 9.32. The molecule has 0 saturated carbocycles. The summed E-state index contributed by atoms with van der Waals surface area (Å²) in [5.74, 6) is 0.408. The zero-order valence-corrected chi connectivity index (χ0v) is 16.0. The van der Waals surface area contributed by atoms with E-state index < -0.39 is 6.10 Å². The minimum atomic E-state index is -1.19. The van der Waals surface area contributed by atoms with Crippen molar-refractivity contribution in [1.29, 1.82) is 0 Å². The van der Waals surface area contributed by atoms with E-state index in [1.165, 1.54) is 32.1 Å². The van der Waals surface area contributed by atoms with Crippen molar-refractivity contribution in [2.24, 2.45) is 0 Å². The van der Waals surface area contributed by atoms with Crippen molar-refractivity contribution in [2.75, 3.05) is 6.61 Å². The quantitative estimate of drug-likeness (QED) is 0.387. The van der Waals surface area contributed by atoms with Gasteiger partial charge in [-0.05, 0) is 48.4 Å². The molecule has 0 aliphatic rings. The molecule has 0 aliphatic carbocycles. The Hall–Kier alpha value is -1.84. The summed E-state index contributed by atoms with van der Waals surface area (Å²) in [6.45, 7) is 2.90. The third-order valence-electron chi connectivity index (χ3n) is 4.34. The predicted octanol–water partition coefficient (Wildman–Crippen LogP) is 6.00. The van der Waals surface area contributed by atoms with Crippen LogP contribution in [-0.4, -0.2) is 17.5 Å². The molecule has 2 rings (SSSR count). The molecule has 3 nitrogen and oxygen atoms in total. The third kappa shape index (κ3) is 6.47. The van der Waals surface area contributed by atoms with E-state index in [9.17, 15) is 9.90 Å². The fourth-order valence-corrected chi connectivity index (χ4v) is 2.87. The molecule has 0 aromatic heterocycles. The van der Waals surface area contributed by atoms with E-state index >= 15 is 0 Å². The number of aliphatic hydroxyl groups excluding tert-OH is 1. The molecule has 1 N–H and O–H groups in total. The highest BCUT2D eigenvalue weighted by Crippen LogP contribution is 2.22. The van der Waals surface area contributed by atoms with Crippen LogP contribution in [0, 0.1) is 0 Å². The van der Waals surface area contributed by atoms with Gasteiger partial charge in [0.2, 0.25) is 0 Å². The van der Waals surface area contributed by atoms with Crippen LogP contribution in [0.25, 0.3) is 0 Å². The Morgan fingerprint density at radius 1 is 0.962 bits per heavy atom. The summed E-state index contributed by atoms with van der Waals surface area (Å²) in [4.78, 5) is 12.4. The highest BCUT2D eigenvalue weighted by molar-refractivity contribution is 6.30. The maximum absolute atomic E-state index is 12.4. The van der Waals surface area contributed by atoms with Gasteiger partial charge in [0.25, 0.3) is 0 Å². The Morgan fingerprint density at radius 3 is 2.23 bits per heavy atom. The lowest BCUT2D eigenvalue weighted by Crippen LogP contribution is -2.12. The molecule has 0 saturated heterocycles. The highest BCUT2D eigenvalue weighted by atomic mass is 35.5. The monoisotopic (exact) mass is 374 g/mol. The molecule has 0 aliphatic heterocycles. The van der Waals surface area contributed by atoms with Gasteiger partial charge in [-0.3, -0.25) is 4.79 Å². The van der Waals surface area contributed by atoms with Gasteiger partial charge in [0.1, 0.15) is 11.9 Å². The second kappa shape index (κ2) is 11.0. The van der Waals surface area contributed by atoms with Crippen LogP contribution in [0.5, 0.6) is 5.75 Å². The lowest BCUT2D eigenvalue weighted by atomic mass is 10.00. The van der Waals surface area contributed by atoms with Crippen molar-refractivity contribution in [3.63, 3.8) is 0 Å². The van der Waals surface area contributed by atoms with Gasteiger partial charge in [-0.2, -0.15) is 0 Å². The molecule has 0 fully saturated rings. The standard InChI is InChI=1S/C22H27ClO3/c1-2-3-4-5-6-7-16-26-20-14-10-18(11-15-20)22(25)21(24)17-8-12-19(23)13-9-17/h8-15,21,24H,2-7,16H2,1H3. The van der Waals surface area contributed by atoms with Crippen LogP contribution in [-0.2, 0) is 0 Å². The first kappa shape index (κ1) is 20.5. The topological polar surface area (TPSA) is 46.5 Å². The fourth-order valence-electron chi connectivity index (χ4n) is 2.74. The molecular formula is C22H27ClO3. The van der Waals surface area contributed by atoms with Crippen LogP contribution in [0.4, 0.5) is 0 Å². The Labute approximate surface area is 161 Å². The number of rotatable bonds is 11. The molecule has 0 heterocycles. The number of aliphatic hydroxyl groups is 1. The highest BCUT2D eigenvalue weighted by Gasteiger charge is 2.19. The van der Waals surface area contributed by atoms with Gasteiger partial charge >= 0.3 is 0 Å². The van der Waals surface area contributed by atoms with Gasteiger partial charge in [-0.25, -0.2) is 0 Å². The van der Waals surface area contributed by atoms with Gasteiger partial charge in [0.05, 0.1) is 6.61 Å². The molecule has 0 spiro atoms. The molecule has 140 valence electrons. The van der Waals surface area contributed by atoms with Crippen molar-refractivity contribution in [3.05, 3.63) is 64.7 Å². The molecule has 2 aromatic rings. The van der Waals surface area contributed by atoms with Crippen LogP contribution < -0.4 is 4.74 Å². The second-order valence-electron chi connectivity index (χ2n) is 6.46. The van der Waals surface area contributed by atoms with Crippen LogP contribution in [0.2, 0.25) is 5.02 Å². The van der Waals surface area contributed by atoms with Crippen LogP contribution in [0.1, 0.15) is 67.5 Å². The van der Waals surface area contributed by atoms with E-state index in [4.69, 9.17) is 16.3 Å². The molecule has 0 bridgehead atoms. The van der Waals surface area contributed by atoms with E-state index in [0.29, 0.717) is 22.8 Å². The molecular weight excluding hydrogens is 348 g/mol. The summed E-state index contributed by atoms with van der Waals surface area (Å²) >= 11 is 5.83. The summed E-state index contributed by atoms with van der Waals surface area (Å²) in [7, 11) is 0. The summed E-state index contributed by atoms with van der Waals surface area (Å²) < 4.78 is 5.72. The lowest BCUT2D eigenvalue weighted by Gasteiger charge is -2.11. The number of Topliss-reactive ketones (excluding diaryl/α,β-unsaturated/α-hetero) is 1. The number of carbonyl (C=O) groups excluding carboxylic acids is 1. The second-order valence-corrected chi connectivity index (χ2v) is 6.90. The van der Waals surface area contributed by atoms with Crippen molar-refractivity contribution in [1.82, 2.24) is 0 Å². The summed E-state index contributed by atoms with van der Waals surface area (Å²) in [5, 5.41) is 10.8. The minimum absolute atomic E-state index is 0.338. The average molecular weight is 375 g/mol. The SMILES string of the molecule is CCCCCCCCOc1ccc(C(=O)C(O)c2ccc(Cl)cc2)cc1. The van der Waals surface area contributed by atoms with Crippen molar-refractivity contribution < 1.29 is 14.6 Å². The van der Waals surface area contributed by atoms with Crippen molar-refractivity contribution >= 4 is 17.4 Å². The summed E-state index contributed by atoms with van der Waals surface area (Å²) in [5.41, 5.74) is 0.988. The first-order chi connectivity index (χ1) is 12.6. The van der Waals surface area contributed by atoms with E-state index in [1.807, 2.05) is 0 Å². The largest absolute Gasteiger partial charge is 0.494 e. The maximum Gasteiger partial charge on any atom is 0.195 e. The Kier molecular flexibility index (Phi) is 8.66. The number of ether oxygens (including phenoxy) is 1. The van der Waals surface area contributed by atoms with E-state index in [-0.39, 0.29) is 5.78 Å². The smallest absolute Gasteiger partial charge is 0.195 e. The van der Waals surface area contributed by atoms with E-state index in [0.717, 1.165) is 12.2 Å². The van der Waals surface area contributed by atoms with Crippen LogP contribution in [0.3, 0.4) is 0 Å². The van der Waals surface area contributed by atoms with Gasteiger partial charge in [0, 0.05) is 10.6 Å². The number of hydrogen-bond donors (Lipinski definition) is 1.